The average Bonchev–Trinajstić information content (AvgIpc) is 2.88. The zero-order valence-corrected chi connectivity index (χ0v) is 15.3. The first-order valence-electron chi connectivity index (χ1n) is 8.45. The van der Waals surface area contributed by atoms with Crippen molar-refractivity contribution < 1.29 is 9.90 Å². The van der Waals surface area contributed by atoms with E-state index in [0.29, 0.717) is 11.0 Å². The predicted molar refractivity (Wildman–Crippen MR) is 99.0 cm³/mol. The Morgan fingerprint density at radius 2 is 2.08 bits per heavy atom. The van der Waals surface area contributed by atoms with Crippen LogP contribution in [0.2, 0.25) is 0 Å². The molecule has 2 aromatic rings. The largest absolute Gasteiger partial charge is 0.508 e. The van der Waals surface area contributed by atoms with Gasteiger partial charge in [-0.2, -0.15) is 0 Å². The standard InChI is InChI=1S/C21H22O2S/c1-11-9-13(5-6-16(11)22)17(23)7-8-18-14-10-15-20(21(15,3)4)19(14)12(2)24-18/h5-9,15,20,22H,10H2,1-4H3/t15-,20-/m1/s1. The summed E-state index contributed by atoms with van der Waals surface area (Å²) in [6.45, 7) is 8.76. The highest BCUT2D eigenvalue weighted by Gasteiger charge is 2.63. The Morgan fingerprint density at radius 1 is 1.33 bits per heavy atom. The molecule has 0 saturated heterocycles. The van der Waals surface area contributed by atoms with Crippen molar-refractivity contribution in [3.8, 4) is 5.75 Å². The topological polar surface area (TPSA) is 37.3 Å². The van der Waals surface area contributed by atoms with E-state index in [1.54, 1.807) is 36.8 Å². The highest BCUT2D eigenvalue weighted by Crippen LogP contribution is 2.71. The molecule has 1 aromatic heterocycles. The number of ketones is 1. The van der Waals surface area contributed by atoms with Crippen molar-refractivity contribution in [2.24, 2.45) is 11.3 Å². The van der Waals surface area contributed by atoms with E-state index >= 15 is 0 Å². The third-order valence-electron chi connectivity index (χ3n) is 5.92. The van der Waals surface area contributed by atoms with Gasteiger partial charge in [0.1, 0.15) is 5.75 Å². The molecule has 0 radical (unpaired) electrons. The third kappa shape index (κ3) is 2.18. The van der Waals surface area contributed by atoms with Gasteiger partial charge in [0.05, 0.1) is 0 Å². The van der Waals surface area contributed by atoms with Crippen LogP contribution in [0.3, 0.4) is 0 Å². The predicted octanol–water partition coefficient (Wildman–Crippen LogP) is 5.26. The minimum atomic E-state index is -0.0126. The number of phenols is 1. The molecule has 4 rings (SSSR count). The number of carbonyl (C=O) groups excluding carboxylic acids is 1. The van der Waals surface area contributed by atoms with Crippen molar-refractivity contribution in [1.82, 2.24) is 0 Å². The van der Waals surface area contributed by atoms with E-state index in [2.05, 4.69) is 20.8 Å². The second kappa shape index (κ2) is 5.06. The second-order valence-electron chi connectivity index (χ2n) is 7.72. The molecular formula is C21H22O2S. The molecule has 1 fully saturated rings. The second-order valence-corrected chi connectivity index (χ2v) is 8.98. The molecule has 0 spiro atoms. The minimum absolute atomic E-state index is 0.0126. The number of carbonyl (C=O) groups is 1. The molecule has 3 heteroatoms. The van der Waals surface area contributed by atoms with Crippen LogP contribution in [0.1, 0.15) is 56.6 Å². The molecule has 0 aliphatic heterocycles. The van der Waals surface area contributed by atoms with Crippen LogP contribution in [-0.4, -0.2) is 10.9 Å². The lowest BCUT2D eigenvalue weighted by molar-refractivity contribution is 0.104. The summed E-state index contributed by atoms with van der Waals surface area (Å²) in [6.07, 6.45) is 4.81. The van der Waals surface area contributed by atoms with E-state index in [0.717, 1.165) is 23.8 Å². The number of allylic oxidation sites excluding steroid dienone is 1. The first-order chi connectivity index (χ1) is 11.3. The van der Waals surface area contributed by atoms with Gasteiger partial charge in [0, 0.05) is 15.3 Å². The molecule has 0 bridgehead atoms. The van der Waals surface area contributed by atoms with Gasteiger partial charge in [0.15, 0.2) is 5.78 Å². The van der Waals surface area contributed by atoms with Crippen LogP contribution in [-0.2, 0) is 6.42 Å². The van der Waals surface area contributed by atoms with Gasteiger partial charge in [-0.25, -0.2) is 0 Å². The van der Waals surface area contributed by atoms with Gasteiger partial charge in [-0.05, 0) is 84.6 Å². The molecule has 1 saturated carbocycles. The summed E-state index contributed by atoms with van der Waals surface area (Å²) in [5.41, 5.74) is 4.83. The van der Waals surface area contributed by atoms with E-state index in [1.165, 1.54) is 15.3 Å². The molecule has 2 nitrogen and oxygen atoms in total. The van der Waals surface area contributed by atoms with Crippen molar-refractivity contribution in [2.75, 3.05) is 0 Å². The Bertz CT molecular complexity index is 885. The van der Waals surface area contributed by atoms with Crippen LogP contribution < -0.4 is 0 Å². The molecule has 0 unspecified atom stereocenters. The van der Waals surface area contributed by atoms with Crippen molar-refractivity contribution in [3.63, 3.8) is 0 Å². The van der Waals surface area contributed by atoms with E-state index in [4.69, 9.17) is 0 Å². The fourth-order valence-corrected chi connectivity index (χ4v) is 5.50. The molecule has 2 aliphatic rings. The van der Waals surface area contributed by atoms with Gasteiger partial charge >= 0.3 is 0 Å². The maximum atomic E-state index is 12.4. The Kier molecular flexibility index (Phi) is 3.30. The lowest BCUT2D eigenvalue weighted by Gasteiger charge is -2.09. The fourth-order valence-electron chi connectivity index (χ4n) is 4.35. The molecule has 1 aromatic carbocycles. The van der Waals surface area contributed by atoms with Gasteiger partial charge in [0.25, 0.3) is 0 Å². The number of fused-ring (bicyclic) bond motifs is 3. The van der Waals surface area contributed by atoms with Crippen LogP contribution in [0.25, 0.3) is 6.08 Å². The zero-order chi connectivity index (χ0) is 17.2. The van der Waals surface area contributed by atoms with Crippen molar-refractivity contribution in [1.29, 1.82) is 0 Å². The van der Waals surface area contributed by atoms with Gasteiger partial charge in [-0.3, -0.25) is 4.79 Å². The van der Waals surface area contributed by atoms with Crippen LogP contribution >= 0.6 is 11.3 Å². The van der Waals surface area contributed by atoms with Crippen LogP contribution in [0.5, 0.6) is 5.75 Å². The lowest BCUT2D eigenvalue weighted by atomic mass is 9.95. The van der Waals surface area contributed by atoms with E-state index in [9.17, 15) is 9.90 Å². The lowest BCUT2D eigenvalue weighted by Crippen LogP contribution is -2.00. The first-order valence-corrected chi connectivity index (χ1v) is 9.26. The number of aromatic hydroxyl groups is 1. The van der Waals surface area contributed by atoms with Crippen LogP contribution in [0.4, 0.5) is 0 Å². The number of phenolic OH excluding ortho intramolecular Hbond substituents is 1. The Labute approximate surface area is 146 Å². The van der Waals surface area contributed by atoms with Crippen LogP contribution in [0.15, 0.2) is 24.3 Å². The van der Waals surface area contributed by atoms with Gasteiger partial charge in [0.2, 0.25) is 0 Å². The van der Waals surface area contributed by atoms with Crippen molar-refractivity contribution in [2.45, 2.75) is 40.0 Å². The SMILES string of the molecule is Cc1cc(C(=O)C=Cc2sc(C)c3c2C[C@@H]2[C@H]3C2(C)C)ccc1O. The maximum absolute atomic E-state index is 12.4. The van der Waals surface area contributed by atoms with E-state index < -0.39 is 0 Å². The number of thiophene rings is 1. The quantitative estimate of drug-likeness (QED) is 0.612. The molecule has 24 heavy (non-hydrogen) atoms. The first kappa shape index (κ1) is 15.6. The monoisotopic (exact) mass is 338 g/mol. The number of rotatable bonds is 3. The normalized spacial score (nSPS) is 23.3. The maximum Gasteiger partial charge on any atom is 0.185 e. The van der Waals surface area contributed by atoms with Crippen LogP contribution in [0, 0.1) is 25.2 Å². The molecule has 2 atom stereocenters. The van der Waals surface area contributed by atoms with Crippen molar-refractivity contribution in [3.05, 3.63) is 56.3 Å². The van der Waals surface area contributed by atoms with Gasteiger partial charge < -0.3 is 5.11 Å². The van der Waals surface area contributed by atoms with Gasteiger partial charge in [-0.1, -0.05) is 13.8 Å². The summed E-state index contributed by atoms with van der Waals surface area (Å²) in [5, 5.41) is 9.59. The highest BCUT2D eigenvalue weighted by atomic mass is 32.1. The molecular weight excluding hydrogens is 316 g/mol. The summed E-state index contributed by atoms with van der Waals surface area (Å²) in [6, 6.07) is 5.00. The Morgan fingerprint density at radius 3 is 2.79 bits per heavy atom. The molecule has 1 N–H and O–H groups in total. The Balaban J connectivity index is 1.60. The van der Waals surface area contributed by atoms with Gasteiger partial charge in [-0.15, -0.1) is 11.3 Å². The third-order valence-corrected chi connectivity index (χ3v) is 7.05. The molecule has 0 amide bonds. The number of aryl methyl sites for hydroxylation is 2. The molecule has 124 valence electrons. The van der Waals surface area contributed by atoms with E-state index in [-0.39, 0.29) is 11.5 Å². The summed E-state index contributed by atoms with van der Waals surface area (Å²) >= 11 is 1.81. The molecule has 1 heterocycles. The smallest absolute Gasteiger partial charge is 0.185 e. The van der Waals surface area contributed by atoms with Crippen molar-refractivity contribution >= 4 is 23.2 Å². The minimum Gasteiger partial charge on any atom is -0.508 e. The fraction of sp³-hybridized carbons (Fsp3) is 0.381. The average molecular weight is 338 g/mol. The summed E-state index contributed by atoms with van der Waals surface area (Å²) < 4.78 is 0. The number of hydrogen-bond donors (Lipinski definition) is 1. The summed E-state index contributed by atoms with van der Waals surface area (Å²) in [7, 11) is 0. The number of hydrogen-bond acceptors (Lipinski definition) is 3. The summed E-state index contributed by atoms with van der Waals surface area (Å²) in [5.74, 6) is 1.73. The zero-order valence-electron chi connectivity index (χ0n) is 14.5. The highest BCUT2D eigenvalue weighted by molar-refractivity contribution is 7.13. The molecule has 2 aliphatic carbocycles. The number of benzene rings is 1. The van der Waals surface area contributed by atoms with E-state index in [1.807, 2.05) is 17.4 Å². The Hall–Kier alpha value is -1.87. The summed E-state index contributed by atoms with van der Waals surface area (Å²) in [4.78, 5) is 15.1.